The Labute approximate surface area is 121 Å². The van der Waals surface area contributed by atoms with Crippen LogP contribution >= 0.6 is 11.6 Å². The summed E-state index contributed by atoms with van der Waals surface area (Å²) >= 11 is 6.11. The van der Waals surface area contributed by atoms with Gasteiger partial charge in [-0.05, 0) is 63.3 Å². The zero-order valence-corrected chi connectivity index (χ0v) is 13.3. The minimum absolute atomic E-state index is 0.111. The molecule has 1 N–H and O–H groups in total. The van der Waals surface area contributed by atoms with Gasteiger partial charge in [0.15, 0.2) is 0 Å². The molecule has 1 rings (SSSR count). The highest BCUT2D eigenvalue weighted by Crippen LogP contribution is 2.24. The van der Waals surface area contributed by atoms with Gasteiger partial charge in [0.05, 0.1) is 0 Å². The number of benzene rings is 1. The summed E-state index contributed by atoms with van der Waals surface area (Å²) in [5.74, 6) is 0.765. The second-order valence-corrected chi connectivity index (χ2v) is 6.98. The molecule has 1 aromatic carbocycles. The maximum atomic E-state index is 13.1. The molecule has 0 radical (unpaired) electrons. The van der Waals surface area contributed by atoms with Crippen LogP contribution in [0.5, 0.6) is 0 Å². The molecule has 3 heteroatoms. The largest absolute Gasteiger partial charge is 0.312 e. The molecule has 1 atom stereocenters. The van der Waals surface area contributed by atoms with Crippen molar-refractivity contribution in [3.63, 3.8) is 0 Å². The summed E-state index contributed by atoms with van der Waals surface area (Å²) in [6.45, 7) is 11.9. The topological polar surface area (TPSA) is 12.0 Å². The van der Waals surface area contributed by atoms with Crippen LogP contribution in [0.2, 0.25) is 5.02 Å². The molecule has 0 aromatic heterocycles. The number of rotatable bonds is 5. The summed E-state index contributed by atoms with van der Waals surface area (Å²) in [4.78, 5) is 0. The molecule has 108 valence electrons. The molecule has 0 aliphatic heterocycles. The first-order valence-corrected chi connectivity index (χ1v) is 7.26. The fourth-order valence-electron chi connectivity index (χ4n) is 1.95. The highest BCUT2D eigenvalue weighted by molar-refractivity contribution is 6.31. The van der Waals surface area contributed by atoms with Gasteiger partial charge in [-0.1, -0.05) is 31.5 Å². The van der Waals surface area contributed by atoms with Gasteiger partial charge in [0.25, 0.3) is 0 Å². The molecule has 0 saturated carbocycles. The third kappa shape index (κ3) is 5.92. The summed E-state index contributed by atoms with van der Waals surface area (Å²) in [6.07, 6.45) is 0.875. The molecule has 1 unspecified atom stereocenters. The van der Waals surface area contributed by atoms with Crippen molar-refractivity contribution in [3.8, 4) is 0 Å². The predicted octanol–water partition coefficient (Wildman–Crippen LogP) is 4.68. The summed E-state index contributed by atoms with van der Waals surface area (Å²) in [6, 6.07) is 4.67. The van der Waals surface area contributed by atoms with E-state index >= 15 is 0 Å². The van der Waals surface area contributed by atoms with Crippen molar-refractivity contribution in [3.05, 3.63) is 34.6 Å². The molecule has 0 bridgehead atoms. The first kappa shape index (κ1) is 16.5. The van der Waals surface area contributed by atoms with Crippen LogP contribution in [0.15, 0.2) is 18.2 Å². The van der Waals surface area contributed by atoms with E-state index in [2.05, 4.69) is 39.9 Å². The molecule has 0 aliphatic carbocycles. The lowest BCUT2D eigenvalue weighted by molar-refractivity contribution is 0.312. The van der Waals surface area contributed by atoms with Crippen LogP contribution < -0.4 is 5.32 Å². The minimum Gasteiger partial charge on any atom is -0.312 e. The van der Waals surface area contributed by atoms with Gasteiger partial charge < -0.3 is 5.32 Å². The quantitative estimate of drug-likeness (QED) is 0.828. The van der Waals surface area contributed by atoms with Crippen molar-refractivity contribution in [1.29, 1.82) is 0 Å². The SMILES string of the molecule is CC(C)C(CNC(C)(C)C)Cc1ccc(F)cc1Cl. The van der Waals surface area contributed by atoms with Crippen molar-refractivity contribution in [2.45, 2.75) is 46.6 Å². The van der Waals surface area contributed by atoms with Gasteiger partial charge in [-0.25, -0.2) is 4.39 Å². The van der Waals surface area contributed by atoms with Crippen LogP contribution in [-0.2, 0) is 6.42 Å². The van der Waals surface area contributed by atoms with E-state index in [1.807, 2.05) is 0 Å². The number of halogens is 2. The lowest BCUT2D eigenvalue weighted by Gasteiger charge is -2.28. The van der Waals surface area contributed by atoms with E-state index < -0.39 is 0 Å². The van der Waals surface area contributed by atoms with Gasteiger partial charge in [-0.2, -0.15) is 0 Å². The molecule has 19 heavy (non-hydrogen) atoms. The molecule has 0 amide bonds. The van der Waals surface area contributed by atoms with Crippen LogP contribution in [0.1, 0.15) is 40.2 Å². The fourth-order valence-corrected chi connectivity index (χ4v) is 2.19. The Morgan fingerprint density at radius 3 is 2.37 bits per heavy atom. The average Bonchev–Trinajstić information content (AvgIpc) is 2.24. The van der Waals surface area contributed by atoms with Crippen molar-refractivity contribution in [2.75, 3.05) is 6.54 Å². The third-order valence-electron chi connectivity index (χ3n) is 3.33. The molecule has 0 saturated heterocycles. The monoisotopic (exact) mass is 285 g/mol. The molecular weight excluding hydrogens is 261 g/mol. The Bertz CT molecular complexity index is 410. The maximum Gasteiger partial charge on any atom is 0.124 e. The second-order valence-electron chi connectivity index (χ2n) is 6.57. The van der Waals surface area contributed by atoms with E-state index in [-0.39, 0.29) is 11.4 Å². The van der Waals surface area contributed by atoms with E-state index in [0.29, 0.717) is 16.9 Å². The zero-order valence-electron chi connectivity index (χ0n) is 12.6. The van der Waals surface area contributed by atoms with Gasteiger partial charge in [0.2, 0.25) is 0 Å². The van der Waals surface area contributed by atoms with E-state index in [0.717, 1.165) is 18.5 Å². The molecule has 1 nitrogen and oxygen atoms in total. The van der Waals surface area contributed by atoms with E-state index in [9.17, 15) is 4.39 Å². The van der Waals surface area contributed by atoms with E-state index in [1.165, 1.54) is 12.1 Å². The van der Waals surface area contributed by atoms with Crippen molar-refractivity contribution < 1.29 is 4.39 Å². The predicted molar refractivity (Wildman–Crippen MR) is 81.2 cm³/mol. The molecule has 0 fully saturated rings. The Kier molecular flexibility index (Phi) is 5.82. The molecule has 0 heterocycles. The van der Waals surface area contributed by atoms with Crippen LogP contribution in [-0.4, -0.2) is 12.1 Å². The zero-order chi connectivity index (χ0) is 14.6. The Morgan fingerprint density at radius 2 is 1.89 bits per heavy atom. The third-order valence-corrected chi connectivity index (χ3v) is 3.69. The normalized spacial score (nSPS) is 13.9. The standard InChI is InChI=1S/C16H25ClFN/c1-11(2)13(10-19-16(3,4)5)8-12-6-7-14(18)9-15(12)17/h6-7,9,11,13,19H,8,10H2,1-5H3. The second kappa shape index (κ2) is 6.71. The highest BCUT2D eigenvalue weighted by Gasteiger charge is 2.18. The highest BCUT2D eigenvalue weighted by atomic mass is 35.5. The van der Waals surface area contributed by atoms with Crippen LogP contribution in [0.25, 0.3) is 0 Å². The van der Waals surface area contributed by atoms with E-state index in [4.69, 9.17) is 11.6 Å². The smallest absolute Gasteiger partial charge is 0.124 e. The molecular formula is C16H25ClFN. The van der Waals surface area contributed by atoms with Gasteiger partial charge in [0, 0.05) is 10.6 Å². The van der Waals surface area contributed by atoms with Gasteiger partial charge >= 0.3 is 0 Å². The van der Waals surface area contributed by atoms with Crippen molar-refractivity contribution >= 4 is 11.6 Å². The fraction of sp³-hybridized carbons (Fsp3) is 0.625. The van der Waals surface area contributed by atoms with Gasteiger partial charge in [-0.3, -0.25) is 0 Å². The molecule has 0 spiro atoms. The van der Waals surface area contributed by atoms with E-state index in [1.54, 1.807) is 6.07 Å². The van der Waals surface area contributed by atoms with Gasteiger partial charge in [-0.15, -0.1) is 0 Å². The maximum absolute atomic E-state index is 13.1. The first-order valence-electron chi connectivity index (χ1n) is 6.88. The van der Waals surface area contributed by atoms with Crippen molar-refractivity contribution in [1.82, 2.24) is 5.32 Å². The number of hydrogen-bond acceptors (Lipinski definition) is 1. The number of nitrogens with one attached hydrogen (secondary N) is 1. The molecule has 0 aliphatic rings. The van der Waals surface area contributed by atoms with Crippen LogP contribution in [0.3, 0.4) is 0 Å². The summed E-state index contributed by atoms with van der Waals surface area (Å²) in [5.41, 5.74) is 1.14. The first-order chi connectivity index (χ1) is 8.69. The lowest BCUT2D eigenvalue weighted by atomic mass is 9.88. The minimum atomic E-state index is -0.275. The molecule has 1 aromatic rings. The Hall–Kier alpha value is -0.600. The Morgan fingerprint density at radius 1 is 1.26 bits per heavy atom. The Balaban J connectivity index is 2.73. The van der Waals surface area contributed by atoms with Crippen LogP contribution in [0, 0.1) is 17.7 Å². The summed E-state index contributed by atoms with van der Waals surface area (Å²) < 4.78 is 13.1. The number of hydrogen-bond donors (Lipinski definition) is 1. The summed E-state index contributed by atoms with van der Waals surface area (Å²) in [5, 5.41) is 4.07. The lowest BCUT2D eigenvalue weighted by Crippen LogP contribution is -2.40. The average molecular weight is 286 g/mol. The van der Waals surface area contributed by atoms with Gasteiger partial charge in [0.1, 0.15) is 5.82 Å². The van der Waals surface area contributed by atoms with Crippen molar-refractivity contribution in [2.24, 2.45) is 11.8 Å². The van der Waals surface area contributed by atoms with Crippen LogP contribution in [0.4, 0.5) is 4.39 Å². The summed E-state index contributed by atoms with van der Waals surface area (Å²) in [7, 11) is 0.